The zero-order valence-electron chi connectivity index (χ0n) is 12.1. The standard InChI is InChI=1S/C15H17ClF2O4/c1-20-13(19)14(10-22-14)15(17,18)8-2-3-9-21-12-6-4-11(16)5-7-12/h4-7H,2-3,8-10H2,1H3. The van der Waals surface area contributed by atoms with Crippen LogP contribution in [0.15, 0.2) is 24.3 Å². The lowest BCUT2D eigenvalue weighted by Gasteiger charge is -2.21. The molecule has 0 amide bonds. The van der Waals surface area contributed by atoms with Crippen molar-refractivity contribution in [1.29, 1.82) is 0 Å². The SMILES string of the molecule is COC(=O)C1(C(F)(F)CCCCOc2ccc(Cl)cc2)CO1. The minimum Gasteiger partial charge on any atom is -0.494 e. The van der Waals surface area contributed by atoms with Crippen LogP contribution in [-0.4, -0.2) is 37.8 Å². The van der Waals surface area contributed by atoms with E-state index in [4.69, 9.17) is 16.3 Å². The van der Waals surface area contributed by atoms with E-state index in [0.717, 1.165) is 7.11 Å². The summed E-state index contributed by atoms with van der Waals surface area (Å²) in [5.41, 5.74) is -2.08. The van der Waals surface area contributed by atoms with Crippen LogP contribution < -0.4 is 4.74 Å². The van der Waals surface area contributed by atoms with Crippen LogP contribution in [0, 0.1) is 0 Å². The van der Waals surface area contributed by atoms with E-state index in [9.17, 15) is 13.6 Å². The molecule has 0 aromatic heterocycles. The average Bonchev–Trinajstić information content (AvgIpc) is 3.30. The number of methoxy groups -OCH3 is 1. The molecule has 1 fully saturated rings. The highest BCUT2D eigenvalue weighted by Gasteiger charge is 2.70. The molecule has 1 saturated heterocycles. The van der Waals surface area contributed by atoms with E-state index in [1.807, 2.05) is 0 Å². The number of carbonyl (C=O) groups is 1. The third kappa shape index (κ3) is 3.67. The topological polar surface area (TPSA) is 48.1 Å². The fraction of sp³-hybridized carbons (Fsp3) is 0.533. The predicted molar refractivity (Wildman–Crippen MR) is 76.4 cm³/mol. The third-order valence-electron chi connectivity index (χ3n) is 3.51. The summed E-state index contributed by atoms with van der Waals surface area (Å²) in [6.45, 7) is 0.0116. The van der Waals surface area contributed by atoms with E-state index in [1.165, 1.54) is 0 Å². The third-order valence-corrected chi connectivity index (χ3v) is 3.76. The van der Waals surface area contributed by atoms with Crippen molar-refractivity contribution in [3.8, 4) is 5.75 Å². The fourth-order valence-corrected chi connectivity index (χ4v) is 2.21. The van der Waals surface area contributed by atoms with Crippen molar-refractivity contribution in [2.45, 2.75) is 30.8 Å². The number of benzene rings is 1. The first-order valence-electron chi connectivity index (χ1n) is 6.90. The van der Waals surface area contributed by atoms with Crippen LogP contribution >= 0.6 is 11.6 Å². The quantitative estimate of drug-likeness (QED) is 0.415. The fourth-order valence-electron chi connectivity index (χ4n) is 2.09. The molecule has 0 N–H and O–H groups in total. The van der Waals surface area contributed by atoms with Crippen LogP contribution in [0.1, 0.15) is 19.3 Å². The smallest absolute Gasteiger partial charge is 0.347 e. The molecular weight excluding hydrogens is 318 g/mol. The molecule has 2 rings (SSSR count). The van der Waals surface area contributed by atoms with Gasteiger partial charge in [-0.1, -0.05) is 11.6 Å². The number of esters is 1. The Kier molecular flexibility index (Phi) is 5.24. The molecule has 0 aliphatic carbocycles. The summed E-state index contributed by atoms with van der Waals surface area (Å²) in [7, 11) is 1.07. The van der Waals surface area contributed by atoms with Crippen LogP contribution in [0.3, 0.4) is 0 Å². The summed E-state index contributed by atoms with van der Waals surface area (Å²) >= 11 is 5.74. The summed E-state index contributed by atoms with van der Waals surface area (Å²) < 4.78 is 42.5. The molecule has 0 saturated carbocycles. The highest BCUT2D eigenvalue weighted by molar-refractivity contribution is 6.30. The van der Waals surface area contributed by atoms with E-state index in [-0.39, 0.29) is 13.0 Å². The molecule has 1 atom stereocenters. The lowest BCUT2D eigenvalue weighted by molar-refractivity contribution is -0.165. The molecule has 1 aliphatic rings. The highest BCUT2D eigenvalue weighted by atomic mass is 35.5. The zero-order chi connectivity index (χ0) is 16.2. The molecular formula is C15H17ClF2O4. The zero-order valence-corrected chi connectivity index (χ0v) is 12.9. The van der Waals surface area contributed by atoms with Gasteiger partial charge < -0.3 is 14.2 Å². The van der Waals surface area contributed by atoms with Crippen molar-refractivity contribution < 1.29 is 27.8 Å². The Morgan fingerprint density at radius 3 is 2.55 bits per heavy atom. The monoisotopic (exact) mass is 334 g/mol. The van der Waals surface area contributed by atoms with Gasteiger partial charge in [-0.2, -0.15) is 0 Å². The Hall–Kier alpha value is -1.40. The van der Waals surface area contributed by atoms with Crippen molar-refractivity contribution in [3.63, 3.8) is 0 Å². The first-order valence-corrected chi connectivity index (χ1v) is 7.28. The predicted octanol–water partition coefficient (Wildman–Crippen LogP) is 3.47. The summed E-state index contributed by atoms with van der Waals surface area (Å²) in [5, 5.41) is 0.601. The summed E-state index contributed by atoms with van der Waals surface area (Å²) in [5.74, 6) is -3.62. The summed E-state index contributed by atoms with van der Waals surface area (Å²) in [6.07, 6.45) is 0.199. The molecule has 1 aliphatic heterocycles. The lowest BCUT2D eigenvalue weighted by Crippen LogP contribution is -2.44. The van der Waals surface area contributed by atoms with Crippen LogP contribution in [0.25, 0.3) is 0 Å². The van der Waals surface area contributed by atoms with Crippen molar-refractivity contribution >= 4 is 17.6 Å². The van der Waals surface area contributed by atoms with Gasteiger partial charge in [0.1, 0.15) is 5.75 Å². The average molecular weight is 335 g/mol. The van der Waals surface area contributed by atoms with Gasteiger partial charge in [-0.15, -0.1) is 0 Å². The Balaban J connectivity index is 1.72. The van der Waals surface area contributed by atoms with Gasteiger partial charge in [0, 0.05) is 11.4 Å². The van der Waals surface area contributed by atoms with Crippen LogP contribution in [0.4, 0.5) is 8.78 Å². The number of rotatable bonds is 8. The minimum absolute atomic E-state index is 0.211. The Morgan fingerprint density at radius 1 is 1.36 bits per heavy atom. The minimum atomic E-state index is -3.24. The summed E-state index contributed by atoms with van der Waals surface area (Å²) in [4.78, 5) is 11.4. The van der Waals surface area contributed by atoms with E-state index < -0.39 is 23.9 Å². The maximum atomic E-state index is 14.0. The molecule has 22 heavy (non-hydrogen) atoms. The van der Waals surface area contributed by atoms with Crippen molar-refractivity contribution in [2.75, 3.05) is 20.3 Å². The molecule has 1 aromatic rings. The molecule has 1 unspecified atom stereocenters. The molecule has 0 bridgehead atoms. The normalized spacial score (nSPS) is 20.5. The van der Waals surface area contributed by atoms with E-state index in [0.29, 0.717) is 23.8 Å². The molecule has 4 nitrogen and oxygen atoms in total. The molecule has 1 aromatic carbocycles. The van der Waals surface area contributed by atoms with Gasteiger partial charge in [0.15, 0.2) is 0 Å². The van der Waals surface area contributed by atoms with Crippen LogP contribution in [-0.2, 0) is 14.3 Å². The Morgan fingerprint density at radius 2 is 2.00 bits per heavy atom. The number of halogens is 3. The Labute approximate surface area is 132 Å². The van der Waals surface area contributed by atoms with Crippen molar-refractivity contribution in [3.05, 3.63) is 29.3 Å². The van der Waals surface area contributed by atoms with Gasteiger partial charge in [0.25, 0.3) is 11.5 Å². The van der Waals surface area contributed by atoms with E-state index >= 15 is 0 Å². The van der Waals surface area contributed by atoms with Gasteiger partial charge >= 0.3 is 5.97 Å². The highest BCUT2D eigenvalue weighted by Crippen LogP contribution is 2.46. The number of unbranched alkanes of at least 4 members (excludes halogenated alkanes) is 1. The number of hydrogen-bond acceptors (Lipinski definition) is 4. The Bertz CT molecular complexity index is 515. The van der Waals surface area contributed by atoms with E-state index in [2.05, 4.69) is 9.47 Å². The number of alkyl halides is 2. The van der Waals surface area contributed by atoms with Crippen LogP contribution in [0.5, 0.6) is 5.75 Å². The second kappa shape index (κ2) is 6.79. The van der Waals surface area contributed by atoms with Crippen molar-refractivity contribution in [1.82, 2.24) is 0 Å². The molecule has 122 valence electrons. The van der Waals surface area contributed by atoms with E-state index in [1.54, 1.807) is 24.3 Å². The van der Waals surface area contributed by atoms with Gasteiger partial charge in [-0.05, 0) is 37.1 Å². The number of ether oxygens (including phenoxy) is 3. The molecule has 1 heterocycles. The lowest BCUT2D eigenvalue weighted by atomic mass is 9.97. The van der Waals surface area contributed by atoms with Gasteiger partial charge in [0.05, 0.1) is 20.3 Å². The number of carbonyl (C=O) groups excluding carboxylic acids is 1. The maximum Gasteiger partial charge on any atom is 0.347 e. The second-order valence-corrected chi connectivity index (χ2v) is 5.51. The number of epoxide rings is 1. The maximum absolute atomic E-state index is 14.0. The van der Waals surface area contributed by atoms with Crippen molar-refractivity contribution in [2.24, 2.45) is 0 Å². The van der Waals surface area contributed by atoms with Gasteiger partial charge in [0.2, 0.25) is 0 Å². The second-order valence-electron chi connectivity index (χ2n) is 5.07. The molecule has 0 radical (unpaired) electrons. The van der Waals surface area contributed by atoms with Gasteiger partial charge in [-0.3, -0.25) is 0 Å². The summed E-state index contributed by atoms with van der Waals surface area (Å²) in [6, 6.07) is 6.80. The van der Waals surface area contributed by atoms with Crippen LogP contribution in [0.2, 0.25) is 5.02 Å². The van der Waals surface area contributed by atoms with Gasteiger partial charge in [-0.25, -0.2) is 13.6 Å². The molecule has 0 spiro atoms. The first-order chi connectivity index (χ1) is 10.4. The molecule has 7 heteroatoms. The first kappa shape index (κ1) is 17.0. The number of hydrogen-bond donors (Lipinski definition) is 0. The largest absolute Gasteiger partial charge is 0.494 e.